The van der Waals surface area contributed by atoms with Crippen LogP contribution in [0.5, 0.6) is 17.2 Å². The third kappa shape index (κ3) is 5.99. The minimum Gasteiger partial charge on any atom is -0.493 e. The molecule has 2 rings (SSSR count). The fourth-order valence-electron chi connectivity index (χ4n) is 3.18. The number of benzene rings is 1. The minimum atomic E-state index is -0.944. The first-order chi connectivity index (χ1) is 14.8. The smallest absolute Gasteiger partial charge is 0.266 e. The Bertz CT molecular complexity index is 1000. The van der Waals surface area contributed by atoms with Gasteiger partial charge in [0.1, 0.15) is 24.3 Å². The summed E-state index contributed by atoms with van der Waals surface area (Å²) < 4.78 is 16.1. The molecule has 0 saturated heterocycles. The number of H-pyrrole nitrogens is 1. The number of carbonyl (C=O) groups is 1. The predicted molar refractivity (Wildman–Crippen MR) is 114 cm³/mol. The van der Waals surface area contributed by atoms with E-state index < -0.39 is 11.7 Å². The van der Waals surface area contributed by atoms with Crippen LogP contribution in [0, 0.1) is 25.2 Å². The van der Waals surface area contributed by atoms with Gasteiger partial charge in [0.2, 0.25) is 11.7 Å². The Balaban J connectivity index is 1.88. The number of nitriles is 1. The van der Waals surface area contributed by atoms with Gasteiger partial charge < -0.3 is 29.6 Å². The molecule has 31 heavy (non-hydrogen) atoms. The Morgan fingerprint density at radius 2 is 1.90 bits per heavy atom. The highest BCUT2D eigenvalue weighted by Crippen LogP contribution is 2.36. The van der Waals surface area contributed by atoms with Gasteiger partial charge in [0.15, 0.2) is 11.5 Å². The van der Waals surface area contributed by atoms with Crippen LogP contribution in [0.15, 0.2) is 23.0 Å². The number of rotatable bonds is 10. The standard InChI is InChI=1S/C22H27N3O6/c1-13-16(14(2)25-22(28)17(13)10-23)8-9-20(27)24-11-15(26)12-31-21-18(29-3)6-5-7-19(21)30-4/h5-7,15,26H,8-9,11-12H2,1-4H3,(H,24,27)(H,25,28). The maximum absolute atomic E-state index is 12.2. The van der Waals surface area contributed by atoms with E-state index in [2.05, 4.69) is 10.3 Å². The van der Waals surface area contributed by atoms with E-state index in [1.165, 1.54) is 14.2 Å². The third-order valence-electron chi connectivity index (χ3n) is 4.86. The largest absolute Gasteiger partial charge is 0.493 e. The average molecular weight is 429 g/mol. The van der Waals surface area contributed by atoms with Gasteiger partial charge in [-0.3, -0.25) is 9.59 Å². The molecular weight excluding hydrogens is 402 g/mol. The van der Waals surface area contributed by atoms with Crippen molar-refractivity contribution >= 4 is 5.91 Å². The molecule has 1 aromatic heterocycles. The number of para-hydroxylation sites is 1. The summed E-state index contributed by atoms with van der Waals surface area (Å²) in [4.78, 5) is 26.6. The number of amides is 1. The number of aliphatic hydroxyl groups is 1. The van der Waals surface area contributed by atoms with Gasteiger partial charge in [0.05, 0.1) is 14.2 Å². The number of ether oxygens (including phenoxy) is 3. The molecule has 1 aromatic carbocycles. The van der Waals surface area contributed by atoms with Crippen molar-refractivity contribution in [2.45, 2.75) is 32.8 Å². The van der Waals surface area contributed by atoms with Gasteiger partial charge in [-0.25, -0.2) is 0 Å². The molecule has 0 spiro atoms. The van der Waals surface area contributed by atoms with Crippen LogP contribution in [-0.4, -0.2) is 49.5 Å². The summed E-state index contributed by atoms with van der Waals surface area (Å²) in [5.74, 6) is 1.05. The molecule has 1 atom stereocenters. The van der Waals surface area contributed by atoms with Crippen LogP contribution >= 0.6 is 0 Å². The normalized spacial score (nSPS) is 11.4. The molecule has 3 N–H and O–H groups in total. The van der Waals surface area contributed by atoms with Crippen molar-refractivity contribution in [2.75, 3.05) is 27.4 Å². The Labute approximate surface area is 180 Å². The number of aromatic nitrogens is 1. The topological polar surface area (TPSA) is 134 Å². The van der Waals surface area contributed by atoms with Gasteiger partial charge in [-0.1, -0.05) is 6.07 Å². The van der Waals surface area contributed by atoms with E-state index in [0.29, 0.717) is 34.9 Å². The first-order valence-electron chi connectivity index (χ1n) is 9.73. The van der Waals surface area contributed by atoms with E-state index in [4.69, 9.17) is 19.5 Å². The van der Waals surface area contributed by atoms with Crippen molar-refractivity contribution in [3.05, 3.63) is 50.9 Å². The first-order valence-corrected chi connectivity index (χ1v) is 9.73. The quantitative estimate of drug-likeness (QED) is 0.519. The molecule has 9 heteroatoms. The molecule has 0 radical (unpaired) electrons. The number of aliphatic hydroxyl groups excluding tert-OH is 1. The maximum atomic E-state index is 12.2. The van der Waals surface area contributed by atoms with Crippen molar-refractivity contribution in [3.63, 3.8) is 0 Å². The summed E-state index contributed by atoms with van der Waals surface area (Å²) in [5, 5.41) is 21.9. The number of nitrogens with one attached hydrogen (secondary N) is 2. The second-order valence-electron chi connectivity index (χ2n) is 6.93. The van der Waals surface area contributed by atoms with Crippen LogP contribution in [0.1, 0.15) is 28.8 Å². The fourth-order valence-corrected chi connectivity index (χ4v) is 3.18. The summed E-state index contributed by atoms with van der Waals surface area (Å²) in [6, 6.07) is 7.08. The molecular formula is C22H27N3O6. The molecule has 9 nitrogen and oxygen atoms in total. The van der Waals surface area contributed by atoms with Gasteiger partial charge >= 0.3 is 0 Å². The van der Waals surface area contributed by atoms with Gasteiger partial charge in [-0.15, -0.1) is 0 Å². The van der Waals surface area contributed by atoms with E-state index in [1.54, 1.807) is 32.0 Å². The van der Waals surface area contributed by atoms with Crippen LogP contribution in [0.2, 0.25) is 0 Å². The molecule has 0 aliphatic rings. The number of aryl methyl sites for hydroxylation is 1. The summed E-state index contributed by atoms with van der Waals surface area (Å²) in [6.07, 6.45) is -0.438. The zero-order chi connectivity index (χ0) is 23.0. The third-order valence-corrected chi connectivity index (χ3v) is 4.86. The number of hydrogen-bond donors (Lipinski definition) is 3. The van der Waals surface area contributed by atoms with Crippen molar-refractivity contribution in [1.82, 2.24) is 10.3 Å². The van der Waals surface area contributed by atoms with E-state index in [9.17, 15) is 14.7 Å². The highest BCUT2D eigenvalue weighted by atomic mass is 16.5. The van der Waals surface area contributed by atoms with E-state index in [1.807, 2.05) is 6.07 Å². The Morgan fingerprint density at radius 1 is 1.26 bits per heavy atom. The SMILES string of the molecule is COc1cccc(OC)c1OCC(O)CNC(=O)CCc1c(C)[nH]c(=O)c(C#N)c1C. The zero-order valence-corrected chi connectivity index (χ0v) is 18.1. The lowest BCUT2D eigenvalue weighted by molar-refractivity contribution is -0.121. The molecule has 166 valence electrons. The number of pyridine rings is 1. The second kappa shape index (κ2) is 11.0. The number of hydrogen-bond acceptors (Lipinski definition) is 7. The second-order valence-corrected chi connectivity index (χ2v) is 6.93. The Kier molecular flexibility index (Phi) is 8.46. The molecule has 0 fully saturated rings. The van der Waals surface area contributed by atoms with E-state index in [-0.39, 0.29) is 31.0 Å². The molecule has 1 unspecified atom stereocenters. The van der Waals surface area contributed by atoms with Gasteiger partial charge in [-0.05, 0) is 43.5 Å². The van der Waals surface area contributed by atoms with Crippen LogP contribution in [0.3, 0.4) is 0 Å². The molecule has 0 aliphatic carbocycles. The lowest BCUT2D eigenvalue weighted by atomic mass is 9.99. The van der Waals surface area contributed by atoms with Crippen molar-refractivity contribution in [1.29, 1.82) is 5.26 Å². The van der Waals surface area contributed by atoms with Crippen molar-refractivity contribution < 1.29 is 24.1 Å². The fraction of sp³-hybridized carbons (Fsp3) is 0.409. The van der Waals surface area contributed by atoms with Gasteiger partial charge in [-0.2, -0.15) is 5.26 Å². The van der Waals surface area contributed by atoms with Crippen LogP contribution in [0.25, 0.3) is 0 Å². The number of aromatic amines is 1. The summed E-state index contributed by atoms with van der Waals surface area (Å²) in [5.41, 5.74) is 1.60. The van der Waals surface area contributed by atoms with Crippen LogP contribution < -0.4 is 25.1 Å². The average Bonchev–Trinajstić information content (AvgIpc) is 2.75. The molecule has 2 aromatic rings. The van der Waals surface area contributed by atoms with E-state index >= 15 is 0 Å². The first kappa shape index (κ1) is 23.8. The van der Waals surface area contributed by atoms with Gasteiger partial charge in [0, 0.05) is 18.7 Å². The monoisotopic (exact) mass is 429 g/mol. The number of methoxy groups -OCH3 is 2. The van der Waals surface area contributed by atoms with Crippen molar-refractivity contribution in [3.8, 4) is 23.3 Å². The zero-order valence-electron chi connectivity index (χ0n) is 18.1. The highest BCUT2D eigenvalue weighted by molar-refractivity contribution is 5.76. The summed E-state index contributed by atoms with van der Waals surface area (Å²) >= 11 is 0. The van der Waals surface area contributed by atoms with Crippen LogP contribution in [-0.2, 0) is 11.2 Å². The van der Waals surface area contributed by atoms with Crippen LogP contribution in [0.4, 0.5) is 0 Å². The predicted octanol–water partition coefficient (Wildman–Crippen LogP) is 1.37. The molecule has 1 heterocycles. The highest BCUT2D eigenvalue weighted by Gasteiger charge is 2.16. The number of carbonyl (C=O) groups excluding carboxylic acids is 1. The molecule has 0 aliphatic heterocycles. The molecule has 1 amide bonds. The lowest BCUT2D eigenvalue weighted by Crippen LogP contribution is -2.35. The molecule has 0 bridgehead atoms. The minimum absolute atomic E-state index is 0.00330. The van der Waals surface area contributed by atoms with Crippen molar-refractivity contribution in [2.24, 2.45) is 0 Å². The Morgan fingerprint density at radius 3 is 2.48 bits per heavy atom. The van der Waals surface area contributed by atoms with Gasteiger partial charge in [0.25, 0.3) is 5.56 Å². The molecule has 0 saturated carbocycles. The summed E-state index contributed by atoms with van der Waals surface area (Å²) in [6.45, 7) is 3.36. The van der Waals surface area contributed by atoms with E-state index in [0.717, 1.165) is 5.56 Å². The Hall–Kier alpha value is -3.51. The maximum Gasteiger partial charge on any atom is 0.266 e. The number of nitrogens with zero attached hydrogens (tertiary/aromatic N) is 1. The lowest BCUT2D eigenvalue weighted by Gasteiger charge is -2.17. The summed E-state index contributed by atoms with van der Waals surface area (Å²) in [7, 11) is 3.01.